The SMILES string of the molecule is Cc1cc(NC(=O)C(C)Sc2ccc(NC(=O)c3ccco3)cc2)no1. The normalized spacial score (nSPS) is 11.8. The third-order valence-corrected chi connectivity index (χ3v) is 4.53. The Kier molecular flexibility index (Phi) is 5.43. The molecule has 7 nitrogen and oxygen atoms in total. The number of hydrogen-bond donors (Lipinski definition) is 2. The number of aromatic nitrogens is 1. The maximum atomic E-state index is 12.2. The van der Waals surface area contributed by atoms with Gasteiger partial charge in [0.1, 0.15) is 5.76 Å². The number of rotatable bonds is 6. The van der Waals surface area contributed by atoms with Crippen LogP contribution in [0, 0.1) is 6.92 Å². The van der Waals surface area contributed by atoms with Gasteiger partial charge in [-0.3, -0.25) is 9.59 Å². The molecule has 0 spiro atoms. The van der Waals surface area contributed by atoms with Crippen molar-refractivity contribution in [2.75, 3.05) is 10.6 Å². The average molecular weight is 371 g/mol. The number of thioether (sulfide) groups is 1. The lowest BCUT2D eigenvalue weighted by Gasteiger charge is -2.11. The molecular formula is C18H17N3O4S. The summed E-state index contributed by atoms with van der Waals surface area (Å²) >= 11 is 1.40. The van der Waals surface area contributed by atoms with Gasteiger partial charge in [0.25, 0.3) is 5.91 Å². The Labute approximate surface area is 154 Å². The highest BCUT2D eigenvalue weighted by Gasteiger charge is 2.16. The molecule has 0 aliphatic carbocycles. The summed E-state index contributed by atoms with van der Waals surface area (Å²) < 4.78 is 9.97. The smallest absolute Gasteiger partial charge is 0.291 e. The van der Waals surface area contributed by atoms with Crippen molar-refractivity contribution in [2.45, 2.75) is 24.0 Å². The van der Waals surface area contributed by atoms with Crippen LogP contribution in [0.2, 0.25) is 0 Å². The van der Waals surface area contributed by atoms with Crippen LogP contribution in [0.4, 0.5) is 11.5 Å². The molecule has 0 saturated heterocycles. The Bertz CT molecular complexity index is 888. The first-order chi connectivity index (χ1) is 12.5. The fourth-order valence-electron chi connectivity index (χ4n) is 2.13. The van der Waals surface area contributed by atoms with Crippen LogP contribution in [0.15, 0.2) is 62.6 Å². The fourth-order valence-corrected chi connectivity index (χ4v) is 3.00. The van der Waals surface area contributed by atoms with Crippen molar-refractivity contribution < 1.29 is 18.5 Å². The van der Waals surface area contributed by atoms with Crippen molar-refractivity contribution in [1.82, 2.24) is 5.16 Å². The Balaban J connectivity index is 1.54. The molecule has 3 rings (SSSR count). The zero-order valence-electron chi connectivity index (χ0n) is 14.2. The topological polar surface area (TPSA) is 97.4 Å². The first-order valence-electron chi connectivity index (χ1n) is 7.87. The lowest BCUT2D eigenvalue weighted by Crippen LogP contribution is -2.22. The molecule has 8 heteroatoms. The van der Waals surface area contributed by atoms with Gasteiger partial charge < -0.3 is 19.6 Å². The van der Waals surface area contributed by atoms with Gasteiger partial charge in [0.2, 0.25) is 5.91 Å². The number of carbonyl (C=O) groups excluding carboxylic acids is 2. The van der Waals surface area contributed by atoms with Gasteiger partial charge in [-0.05, 0) is 50.2 Å². The molecule has 0 saturated carbocycles. The fraction of sp³-hybridized carbons (Fsp3) is 0.167. The zero-order valence-corrected chi connectivity index (χ0v) is 15.0. The number of carbonyl (C=O) groups is 2. The predicted molar refractivity (Wildman–Crippen MR) is 98.3 cm³/mol. The van der Waals surface area contributed by atoms with E-state index in [1.165, 1.54) is 18.0 Å². The van der Waals surface area contributed by atoms with Crippen LogP contribution in [0.1, 0.15) is 23.2 Å². The molecule has 26 heavy (non-hydrogen) atoms. The number of nitrogens with one attached hydrogen (secondary N) is 2. The summed E-state index contributed by atoms with van der Waals surface area (Å²) in [4.78, 5) is 25.0. The van der Waals surface area contributed by atoms with Crippen molar-refractivity contribution in [2.24, 2.45) is 0 Å². The summed E-state index contributed by atoms with van der Waals surface area (Å²) in [7, 11) is 0. The number of aryl methyl sites for hydroxylation is 1. The van der Waals surface area contributed by atoms with Gasteiger partial charge in [-0.1, -0.05) is 5.16 Å². The third kappa shape index (κ3) is 4.54. The second-order valence-corrected chi connectivity index (χ2v) is 6.94. The molecule has 0 fully saturated rings. The summed E-state index contributed by atoms with van der Waals surface area (Å²) in [6.45, 7) is 3.56. The molecule has 2 N–H and O–H groups in total. The van der Waals surface area contributed by atoms with Gasteiger partial charge in [0.05, 0.1) is 11.5 Å². The molecule has 3 aromatic rings. The van der Waals surface area contributed by atoms with Gasteiger partial charge in [-0.2, -0.15) is 0 Å². The van der Waals surface area contributed by atoms with Crippen LogP contribution in [0.25, 0.3) is 0 Å². The first-order valence-corrected chi connectivity index (χ1v) is 8.75. The van der Waals surface area contributed by atoms with E-state index in [-0.39, 0.29) is 22.8 Å². The van der Waals surface area contributed by atoms with Crippen LogP contribution >= 0.6 is 11.8 Å². The number of hydrogen-bond acceptors (Lipinski definition) is 6. The summed E-state index contributed by atoms with van der Waals surface area (Å²) in [5.41, 5.74) is 0.644. The number of anilines is 2. The molecule has 0 bridgehead atoms. The number of nitrogens with zero attached hydrogens (tertiary/aromatic N) is 1. The predicted octanol–water partition coefficient (Wildman–Crippen LogP) is 3.95. The highest BCUT2D eigenvalue weighted by Crippen LogP contribution is 2.25. The molecule has 2 amide bonds. The van der Waals surface area contributed by atoms with Gasteiger partial charge in [-0.15, -0.1) is 11.8 Å². The minimum Gasteiger partial charge on any atom is -0.459 e. The molecule has 2 aromatic heterocycles. The summed E-state index contributed by atoms with van der Waals surface area (Å²) in [6.07, 6.45) is 1.45. The second-order valence-electron chi connectivity index (χ2n) is 5.53. The molecule has 0 aliphatic heterocycles. The van der Waals surface area contributed by atoms with Crippen molar-refractivity contribution in [3.05, 3.63) is 60.2 Å². The van der Waals surface area contributed by atoms with Crippen LogP contribution in [0.3, 0.4) is 0 Å². The van der Waals surface area contributed by atoms with Crippen molar-refractivity contribution in [3.63, 3.8) is 0 Å². The Morgan fingerprint density at radius 2 is 1.92 bits per heavy atom. The molecule has 0 radical (unpaired) electrons. The van der Waals surface area contributed by atoms with Crippen molar-refractivity contribution in [1.29, 1.82) is 0 Å². The summed E-state index contributed by atoms with van der Waals surface area (Å²) in [5.74, 6) is 0.796. The van der Waals surface area contributed by atoms with E-state index >= 15 is 0 Å². The van der Waals surface area contributed by atoms with Gasteiger partial charge >= 0.3 is 0 Å². The molecule has 1 aromatic carbocycles. The van der Waals surface area contributed by atoms with E-state index in [0.717, 1.165) is 4.90 Å². The quantitative estimate of drug-likeness (QED) is 0.637. The molecule has 1 unspecified atom stereocenters. The molecular weight excluding hydrogens is 354 g/mol. The zero-order chi connectivity index (χ0) is 18.5. The molecule has 1 atom stereocenters. The number of amides is 2. The highest BCUT2D eigenvalue weighted by molar-refractivity contribution is 8.00. The van der Waals surface area contributed by atoms with Gasteiger partial charge in [0.15, 0.2) is 11.6 Å². The maximum absolute atomic E-state index is 12.2. The van der Waals surface area contributed by atoms with E-state index in [2.05, 4.69) is 15.8 Å². The minimum absolute atomic E-state index is 0.168. The van der Waals surface area contributed by atoms with E-state index in [9.17, 15) is 9.59 Å². The number of benzene rings is 1. The Morgan fingerprint density at radius 1 is 1.15 bits per heavy atom. The minimum atomic E-state index is -0.324. The van der Waals surface area contributed by atoms with Crippen LogP contribution in [-0.2, 0) is 4.79 Å². The second kappa shape index (κ2) is 7.92. The van der Waals surface area contributed by atoms with Crippen LogP contribution in [0.5, 0.6) is 0 Å². The average Bonchev–Trinajstić information content (AvgIpc) is 3.28. The summed E-state index contributed by atoms with van der Waals surface area (Å²) in [6, 6.07) is 12.1. The van der Waals surface area contributed by atoms with Gasteiger partial charge in [0, 0.05) is 16.6 Å². The Hall–Kier alpha value is -3.00. The largest absolute Gasteiger partial charge is 0.459 e. The van der Waals surface area contributed by atoms with Crippen molar-refractivity contribution >= 4 is 35.1 Å². The van der Waals surface area contributed by atoms with Crippen LogP contribution < -0.4 is 10.6 Å². The monoisotopic (exact) mass is 371 g/mol. The first kappa shape index (κ1) is 17.8. The van der Waals surface area contributed by atoms with E-state index in [1.54, 1.807) is 44.2 Å². The summed E-state index contributed by atoms with van der Waals surface area (Å²) in [5, 5.41) is 8.86. The number of furan rings is 1. The third-order valence-electron chi connectivity index (χ3n) is 3.42. The molecule has 0 aliphatic rings. The lowest BCUT2D eigenvalue weighted by molar-refractivity contribution is -0.115. The van der Waals surface area contributed by atoms with Gasteiger partial charge in [-0.25, -0.2) is 0 Å². The highest BCUT2D eigenvalue weighted by atomic mass is 32.2. The van der Waals surface area contributed by atoms with E-state index in [0.29, 0.717) is 17.3 Å². The molecule has 2 heterocycles. The molecule has 134 valence electrons. The van der Waals surface area contributed by atoms with E-state index in [1.807, 2.05) is 12.1 Å². The van der Waals surface area contributed by atoms with E-state index < -0.39 is 0 Å². The standard InChI is InChI=1S/C18H17N3O4S/c1-11-10-16(21-25-11)20-17(22)12(2)26-14-7-5-13(6-8-14)19-18(23)15-4-3-9-24-15/h3-10,12H,1-2H3,(H,19,23)(H,20,21,22). The van der Waals surface area contributed by atoms with Crippen molar-refractivity contribution in [3.8, 4) is 0 Å². The van der Waals surface area contributed by atoms with Crippen LogP contribution in [-0.4, -0.2) is 22.2 Å². The Morgan fingerprint density at radius 3 is 2.54 bits per heavy atom. The lowest BCUT2D eigenvalue weighted by atomic mass is 10.3. The maximum Gasteiger partial charge on any atom is 0.291 e. The van der Waals surface area contributed by atoms with E-state index in [4.69, 9.17) is 8.94 Å².